The fourth-order valence-electron chi connectivity index (χ4n) is 2.88. The van der Waals surface area contributed by atoms with E-state index in [0.29, 0.717) is 17.5 Å². The molecular formula is C17H13FN4O2. The number of benzene rings is 1. The van der Waals surface area contributed by atoms with Crippen LogP contribution in [0, 0.1) is 5.82 Å². The van der Waals surface area contributed by atoms with Crippen molar-refractivity contribution in [2.45, 2.75) is 13.0 Å². The van der Waals surface area contributed by atoms with Crippen LogP contribution in [-0.2, 0) is 13.0 Å². The Hall–Kier alpha value is -3.22. The molecule has 2 N–H and O–H groups in total. The largest absolute Gasteiger partial charge is 0.361 e. The highest BCUT2D eigenvalue weighted by Crippen LogP contribution is 2.19. The van der Waals surface area contributed by atoms with Gasteiger partial charge in [-0.15, -0.1) is 0 Å². The first kappa shape index (κ1) is 14.4. The van der Waals surface area contributed by atoms with E-state index in [-0.39, 0.29) is 17.9 Å². The second-order valence-electron chi connectivity index (χ2n) is 5.54. The number of nitrogens with one attached hydrogen (secondary N) is 2. The Morgan fingerprint density at radius 2 is 2.04 bits per heavy atom. The lowest BCUT2D eigenvalue weighted by molar-refractivity contribution is 0.629. The summed E-state index contributed by atoms with van der Waals surface area (Å²) >= 11 is 0. The molecule has 4 aromatic rings. The van der Waals surface area contributed by atoms with Gasteiger partial charge in [0.25, 0.3) is 5.56 Å². The molecule has 6 nitrogen and oxygen atoms in total. The van der Waals surface area contributed by atoms with Crippen molar-refractivity contribution in [2.24, 2.45) is 0 Å². The second-order valence-corrected chi connectivity index (χ2v) is 5.54. The number of fused-ring (bicyclic) bond motifs is 2. The van der Waals surface area contributed by atoms with E-state index in [1.165, 1.54) is 18.3 Å². The van der Waals surface area contributed by atoms with Gasteiger partial charge in [-0.2, -0.15) is 0 Å². The third-order valence-electron chi connectivity index (χ3n) is 4.08. The van der Waals surface area contributed by atoms with Crippen molar-refractivity contribution < 1.29 is 4.39 Å². The molecule has 0 aliphatic heterocycles. The highest BCUT2D eigenvalue weighted by molar-refractivity contribution is 5.83. The van der Waals surface area contributed by atoms with E-state index in [0.717, 1.165) is 15.5 Å². The zero-order valence-electron chi connectivity index (χ0n) is 12.5. The molecule has 7 heteroatoms. The van der Waals surface area contributed by atoms with Gasteiger partial charge in [0.1, 0.15) is 5.82 Å². The fourth-order valence-corrected chi connectivity index (χ4v) is 2.88. The number of rotatable bonds is 3. The third-order valence-corrected chi connectivity index (χ3v) is 4.08. The Morgan fingerprint density at radius 1 is 1.17 bits per heavy atom. The van der Waals surface area contributed by atoms with Crippen molar-refractivity contribution in [2.75, 3.05) is 0 Å². The maximum atomic E-state index is 13.2. The molecule has 0 radical (unpaired) electrons. The van der Waals surface area contributed by atoms with Crippen LogP contribution >= 0.6 is 0 Å². The number of aromatic nitrogens is 4. The predicted octanol–water partition coefficient (Wildman–Crippen LogP) is 1.95. The first-order chi connectivity index (χ1) is 11.6. The Balaban J connectivity index is 1.72. The van der Waals surface area contributed by atoms with Gasteiger partial charge in [0.15, 0.2) is 5.52 Å². The highest BCUT2D eigenvalue weighted by Gasteiger charge is 2.10. The van der Waals surface area contributed by atoms with Crippen LogP contribution in [0.15, 0.2) is 52.3 Å². The number of pyridine rings is 1. The van der Waals surface area contributed by atoms with E-state index in [4.69, 9.17) is 0 Å². The minimum atomic E-state index is -0.466. The third kappa shape index (κ3) is 2.30. The lowest BCUT2D eigenvalue weighted by Crippen LogP contribution is -2.36. The van der Waals surface area contributed by atoms with Crippen LogP contribution in [-0.4, -0.2) is 19.5 Å². The summed E-state index contributed by atoms with van der Waals surface area (Å²) in [5.74, 6) is -0.316. The molecule has 4 rings (SSSR count). The van der Waals surface area contributed by atoms with Crippen LogP contribution in [0.2, 0.25) is 0 Å². The Bertz CT molecular complexity index is 1170. The van der Waals surface area contributed by atoms with E-state index < -0.39 is 11.2 Å². The van der Waals surface area contributed by atoms with Gasteiger partial charge >= 0.3 is 5.69 Å². The Morgan fingerprint density at radius 3 is 2.92 bits per heavy atom. The summed E-state index contributed by atoms with van der Waals surface area (Å²) in [6.45, 7) is 0.213. The maximum Gasteiger partial charge on any atom is 0.328 e. The van der Waals surface area contributed by atoms with Gasteiger partial charge < -0.3 is 9.97 Å². The molecular weight excluding hydrogens is 311 g/mol. The lowest BCUT2D eigenvalue weighted by Gasteiger charge is -2.05. The summed E-state index contributed by atoms with van der Waals surface area (Å²) in [4.78, 5) is 34.3. The summed E-state index contributed by atoms with van der Waals surface area (Å²) < 4.78 is 14.4. The second kappa shape index (κ2) is 5.45. The van der Waals surface area contributed by atoms with E-state index in [2.05, 4.69) is 15.0 Å². The molecule has 0 saturated carbocycles. The summed E-state index contributed by atoms with van der Waals surface area (Å²) in [6.07, 6.45) is 3.75. The average molecular weight is 324 g/mol. The SMILES string of the molecule is O=c1[nH]c2cccnc2c(=O)n1CCc1c[nH]c2cc(F)ccc12. The van der Waals surface area contributed by atoms with Crippen molar-refractivity contribution >= 4 is 21.9 Å². The van der Waals surface area contributed by atoms with Crippen LogP contribution in [0.5, 0.6) is 0 Å². The molecule has 0 fully saturated rings. The number of aryl methyl sites for hydroxylation is 1. The van der Waals surface area contributed by atoms with Gasteiger partial charge in [-0.3, -0.25) is 9.36 Å². The smallest absolute Gasteiger partial charge is 0.328 e. The molecule has 3 aromatic heterocycles. The minimum absolute atomic E-state index is 0.213. The standard InChI is InChI=1S/C17H13FN4O2/c18-11-3-4-12-10(9-20-14(12)8-11)5-7-22-16(23)15-13(21-17(22)24)2-1-6-19-15/h1-4,6,8-9,20H,5,7H2,(H,21,24). The van der Waals surface area contributed by atoms with Gasteiger partial charge in [-0.25, -0.2) is 14.2 Å². The first-order valence-corrected chi connectivity index (χ1v) is 7.47. The topological polar surface area (TPSA) is 83.5 Å². The quantitative estimate of drug-likeness (QED) is 0.604. The van der Waals surface area contributed by atoms with Crippen LogP contribution in [0.25, 0.3) is 21.9 Å². The average Bonchev–Trinajstić information content (AvgIpc) is 2.97. The summed E-state index contributed by atoms with van der Waals surface area (Å²) in [5.41, 5.74) is 1.37. The van der Waals surface area contributed by atoms with E-state index in [1.807, 2.05) is 0 Å². The molecule has 24 heavy (non-hydrogen) atoms. The Labute approximate surface area is 134 Å². The molecule has 0 saturated heterocycles. The number of aromatic amines is 2. The Kier molecular flexibility index (Phi) is 3.26. The molecule has 120 valence electrons. The van der Waals surface area contributed by atoms with Crippen LogP contribution in [0.3, 0.4) is 0 Å². The number of hydrogen-bond donors (Lipinski definition) is 2. The minimum Gasteiger partial charge on any atom is -0.361 e. The van der Waals surface area contributed by atoms with Crippen LogP contribution in [0.4, 0.5) is 4.39 Å². The lowest BCUT2D eigenvalue weighted by atomic mass is 10.1. The molecule has 0 spiro atoms. The molecule has 3 heterocycles. The number of H-pyrrole nitrogens is 2. The van der Waals surface area contributed by atoms with E-state index >= 15 is 0 Å². The van der Waals surface area contributed by atoms with Crippen molar-refractivity contribution in [3.8, 4) is 0 Å². The zero-order chi connectivity index (χ0) is 16.7. The van der Waals surface area contributed by atoms with Gasteiger partial charge in [-0.1, -0.05) is 0 Å². The molecule has 0 bridgehead atoms. The first-order valence-electron chi connectivity index (χ1n) is 7.47. The molecule has 0 amide bonds. The molecule has 0 atom stereocenters. The molecule has 0 unspecified atom stereocenters. The summed E-state index contributed by atoms with van der Waals surface area (Å²) in [7, 11) is 0. The summed E-state index contributed by atoms with van der Waals surface area (Å²) in [5, 5.41) is 0.875. The van der Waals surface area contributed by atoms with Gasteiger partial charge in [0.2, 0.25) is 0 Å². The number of hydrogen-bond acceptors (Lipinski definition) is 3. The van der Waals surface area contributed by atoms with Gasteiger partial charge in [0.05, 0.1) is 5.52 Å². The van der Waals surface area contributed by atoms with Crippen molar-refractivity contribution in [3.05, 3.63) is 74.9 Å². The zero-order valence-corrected chi connectivity index (χ0v) is 12.5. The predicted molar refractivity (Wildman–Crippen MR) is 88.6 cm³/mol. The fraction of sp³-hybridized carbons (Fsp3) is 0.118. The van der Waals surface area contributed by atoms with Crippen molar-refractivity contribution in [1.29, 1.82) is 0 Å². The van der Waals surface area contributed by atoms with Crippen molar-refractivity contribution in [3.63, 3.8) is 0 Å². The molecule has 0 aliphatic carbocycles. The number of nitrogens with zero attached hydrogens (tertiary/aromatic N) is 2. The van der Waals surface area contributed by atoms with E-state index in [9.17, 15) is 14.0 Å². The van der Waals surface area contributed by atoms with Crippen molar-refractivity contribution in [1.82, 2.24) is 19.5 Å². The molecule has 0 aliphatic rings. The number of halogens is 1. The maximum absolute atomic E-state index is 13.2. The van der Waals surface area contributed by atoms with E-state index in [1.54, 1.807) is 24.4 Å². The normalized spacial score (nSPS) is 11.4. The van der Waals surface area contributed by atoms with Gasteiger partial charge in [0, 0.05) is 29.8 Å². The molecule has 1 aromatic carbocycles. The van der Waals surface area contributed by atoms with Crippen LogP contribution < -0.4 is 11.2 Å². The van der Waals surface area contributed by atoms with Crippen LogP contribution in [0.1, 0.15) is 5.56 Å². The highest BCUT2D eigenvalue weighted by atomic mass is 19.1. The summed E-state index contributed by atoms with van der Waals surface area (Å²) in [6, 6.07) is 7.79. The van der Waals surface area contributed by atoms with Gasteiger partial charge in [-0.05, 0) is 42.3 Å². The monoisotopic (exact) mass is 324 g/mol.